The molecule has 0 aliphatic carbocycles. The molecule has 0 spiro atoms. The van der Waals surface area contributed by atoms with Crippen molar-refractivity contribution in [3.05, 3.63) is 0 Å². The molecule has 0 aliphatic rings. The lowest BCUT2D eigenvalue weighted by molar-refractivity contribution is -0.167. The summed E-state index contributed by atoms with van der Waals surface area (Å²) in [6.07, 6.45) is 52.4. The highest BCUT2D eigenvalue weighted by molar-refractivity contribution is 5.71. The zero-order chi connectivity index (χ0) is 46.1. The van der Waals surface area contributed by atoms with Crippen molar-refractivity contribution >= 4 is 17.9 Å². The van der Waals surface area contributed by atoms with E-state index in [1.54, 1.807) is 0 Å². The fourth-order valence-corrected chi connectivity index (χ4v) is 8.66. The molecule has 6 heteroatoms. The average molecular weight is 892 g/mol. The van der Waals surface area contributed by atoms with Crippen LogP contribution in [0.4, 0.5) is 0 Å². The predicted octanol–water partition coefficient (Wildman–Crippen LogP) is 18.5. The first-order chi connectivity index (χ1) is 30.8. The quantitative estimate of drug-likeness (QED) is 0.0344. The number of rotatable bonds is 51. The van der Waals surface area contributed by atoms with Gasteiger partial charge in [-0.1, -0.05) is 279 Å². The van der Waals surface area contributed by atoms with Gasteiger partial charge in [-0.15, -0.1) is 0 Å². The Bertz CT molecular complexity index is 964. The molecule has 1 unspecified atom stereocenters. The lowest BCUT2D eigenvalue weighted by atomic mass is 10.00. The maximum Gasteiger partial charge on any atom is 0.306 e. The molecule has 0 fully saturated rings. The summed E-state index contributed by atoms with van der Waals surface area (Å²) in [6.45, 7) is 11.4. The molecule has 0 amide bonds. The highest BCUT2D eigenvalue weighted by Gasteiger charge is 2.19. The van der Waals surface area contributed by atoms with Crippen LogP contribution in [0, 0.1) is 11.8 Å². The number of ether oxygens (including phenoxy) is 3. The van der Waals surface area contributed by atoms with E-state index in [1.807, 2.05) is 0 Å². The Morgan fingerprint density at radius 1 is 0.333 bits per heavy atom. The van der Waals surface area contributed by atoms with E-state index in [2.05, 4.69) is 34.6 Å². The standard InChI is InChI=1S/C57H110O6/c1-6-8-9-10-11-12-13-14-22-25-28-31-37-42-47-55(58)61-50-54(51-62-56(59)48-43-38-34-33-36-41-46-53(5)7-2)63-57(60)49-44-39-32-29-26-23-20-18-16-15-17-19-21-24-27-30-35-40-45-52(3)4/h52-54H,6-51H2,1-5H3/t53?,54-/m0/s1. The van der Waals surface area contributed by atoms with Crippen molar-refractivity contribution in [2.45, 2.75) is 323 Å². The second-order valence-electron chi connectivity index (χ2n) is 20.3. The topological polar surface area (TPSA) is 78.9 Å². The molecule has 2 atom stereocenters. The second-order valence-corrected chi connectivity index (χ2v) is 20.3. The van der Waals surface area contributed by atoms with Gasteiger partial charge in [-0.2, -0.15) is 0 Å². The van der Waals surface area contributed by atoms with Crippen LogP contribution in [0.1, 0.15) is 317 Å². The maximum absolute atomic E-state index is 12.8. The summed E-state index contributed by atoms with van der Waals surface area (Å²) in [5.41, 5.74) is 0. The first-order valence-corrected chi connectivity index (χ1v) is 28.3. The number of hydrogen-bond donors (Lipinski definition) is 0. The zero-order valence-electron chi connectivity index (χ0n) is 43.2. The van der Waals surface area contributed by atoms with Crippen molar-refractivity contribution in [3.8, 4) is 0 Å². The normalized spacial score (nSPS) is 12.5. The van der Waals surface area contributed by atoms with Crippen LogP contribution in [0.2, 0.25) is 0 Å². The molecule has 0 heterocycles. The Kier molecular flexibility index (Phi) is 48.6. The van der Waals surface area contributed by atoms with Gasteiger partial charge < -0.3 is 14.2 Å². The van der Waals surface area contributed by atoms with Crippen molar-refractivity contribution in [1.29, 1.82) is 0 Å². The second kappa shape index (κ2) is 49.8. The summed E-state index contributed by atoms with van der Waals surface area (Å²) in [4.78, 5) is 38.0. The van der Waals surface area contributed by atoms with Crippen LogP contribution in [0.25, 0.3) is 0 Å². The molecule has 374 valence electrons. The van der Waals surface area contributed by atoms with Crippen molar-refractivity contribution < 1.29 is 28.6 Å². The summed E-state index contributed by atoms with van der Waals surface area (Å²) in [6, 6.07) is 0. The van der Waals surface area contributed by atoms with Crippen molar-refractivity contribution in [3.63, 3.8) is 0 Å². The van der Waals surface area contributed by atoms with Crippen molar-refractivity contribution in [1.82, 2.24) is 0 Å². The van der Waals surface area contributed by atoms with Crippen LogP contribution in [-0.2, 0) is 28.6 Å². The van der Waals surface area contributed by atoms with Crippen LogP contribution in [0.5, 0.6) is 0 Å². The third kappa shape index (κ3) is 49.7. The molecule has 0 aromatic heterocycles. The zero-order valence-corrected chi connectivity index (χ0v) is 43.2. The summed E-state index contributed by atoms with van der Waals surface area (Å²) in [5.74, 6) is 0.827. The summed E-state index contributed by atoms with van der Waals surface area (Å²) in [5, 5.41) is 0. The molecule has 0 aromatic rings. The van der Waals surface area contributed by atoms with Gasteiger partial charge in [0, 0.05) is 19.3 Å². The van der Waals surface area contributed by atoms with E-state index in [4.69, 9.17) is 14.2 Å². The molecule has 0 bridgehead atoms. The van der Waals surface area contributed by atoms with Crippen molar-refractivity contribution in [2.24, 2.45) is 11.8 Å². The van der Waals surface area contributed by atoms with Crippen LogP contribution in [0.3, 0.4) is 0 Å². The SMILES string of the molecule is CCCCCCCCCCCCCCCCC(=O)OC[C@@H](COC(=O)CCCCCCCCC(C)CC)OC(=O)CCCCCCCCCCCCCCCCCCCCC(C)C. The monoisotopic (exact) mass is 891 g/mol. The van der Waals surface area contributed by atoms with Gasteiger partial charge in [-0.25, -0.2) is 0 Å². The fourth-order valence-electron chi connectivity index (χ4n) is 8.66. The van der Waals surface area contributed by atoms with E-state index in [-0.39, 0.29) is 31.1 Å². The van der Waals surface area contributed by atoms with E-state index in [0.717, 1.165) is 69.6 Å². The van der Waals surface area contributed by atoms with E-state index in [9.17, 15) is 14.4 Å². The summed E-state index contributed by atoms with van der Waals surface area (Å²) < 4.78 is 16.8. The van der Waals surface area contributed by atoms with Gasteiger partial charge >= 0.3 is 17.9 Å². The molecular formula is C57H110O6. The molecule has 0 radical (unpaired) electrons. The Balaban J connectivity index is 4.23. The number of unbranched alkanes of at least 4 members (excludes halogenated alkanes) is 35. The molecule has 6 nitrogen and oxygen atoms in total. The van der Waals surface area contributed by atoms with Gasteiger partial charge in [-0.05, 0) is 31.1 Å². The minimum Gasteiger partial charge on any atom is -0.462 e. The Labute approximate surface area is 393 Å². The smallest absolute Gasteiger partial charge is 0.306 e. The van der Waals surface area contributed by atoms with E-state index in [1.165, 1.54) is 205 Å². The van der Waals surface area contributed by atoms with Crippen LogP contribution in [-0.4, -0.2) is 37.2 Å². The van der Waals surface area contributed by atoms with Gasteiger partial charge in [0.15, 0.2) is 6.10 Å². The molecule has 0 aliphatic heterocycles. The van der Waals surface area contributed by atoms with Crippen molar-refractivity contribution in [2.75, 3.05) is 13.2 Å². The minimum absolute atomic E-state index is 0.0636. The first kappa shape index (κ1) is 61.4. The summed E-state index contributed by atoms with van der Waals surface area (Å²) >= 11 is 0. The fraction of sp³-hybridized carbons (Fsp3) is 0.947. The predicted molar refractivity (Wildman–Crippen MR) is 270 cm³/mol. The van der Waals surface area contributed by atoms with Gasteiger partial charge in [0.25, 0.3) is 0 Å². The highest BCUT2D eigenvalue weighted by atomic mass is 16.6. The summed E-state index contributed by atoms with van der Waals surface area (Å²) in [7, 11) is 0. The largest absolute Gasteiger partial charge is 0.462 e. The Morgan fingerprint density at radius 2 is 0.603 bits per heavy atom. The van der Waals surface area contributed by atoms with E-state index < -0.39 is 6.10 Å². The first-order valence-electron chi connectivity index (χ1n) is 28.3. The third-order valence-electron chi connectivity index (χ3n) is 13.3. The van der Waals surface area contributed by atoms with E-state index >= 15 is 0 Å². The van der Waals surface area contributed by atoms with E-state index in [0.29, 0.717) is 19.3 Å². The van der Waals surface area contributed by atoms with Crippen LogP contribution in [0.15, 0.2) is 0 Å². The Hall–Kier alpha value is -1.59. The minimum atomic E-state index is -0.762. The molecule has 0 rings (SSSR count). The average Bonchev–Trinajstić information content (AvgIpc) is 3.27. The van der Waals surface area contributed by atoms with Gasteiger partial charge in [0.05, 0.1) is 0 Å². The van der Waals surface area contributed by atoms with Gasteiger partial charge in [-0.3, -0.25) is 14.4 Å². The Morgan fingerprint density at radius 3 is 0.905 bits per heavy atom. The number of hydrogen-bond acceptors (Lipinski definition) is 6. The molecule has 0 N–H and O–H groups in total. The maximum atomic E-state index is 12.8. The van der Waals surface area contributed by atoms with Crippen LogP contribution < -0.4 is 0 Å². The lowest BCUT2D eigenvalue weighted by Gasteiger charge is -2.18. The third-order valence-corrected chi connectivity index (χ3v) is 13.3. The molecular weight excluding hydrogens is 781 g/mol. The molecule has 0 saturated heterocycles. The number of carbonyl (C=O) groups is 3. The molecule has 0 aromatic carbocycles. The number of carbonyl (C=O) groups excluding carboxylic acids is 3. The van der Waals surface area contributed by atoms with Gasteiger partial charge in [0.2, 0.25) is 0 Å². The lowest BCUT2D eigenvalue weighted by Crippen LogP contribution is -2.30. The molecule has 0 saturated carbocycles. The highest BCUT2D eigenvalue weighted by Crippen LogP contribution is 2.18. The number of esters is 3. The van der Waals surface area contributed by atoms with Crippen LogP contribution >= 0.6 is 0 Å². The molecule has 63 heavy (non-hydrogen) atoms. The van der Waals surface area contributed by atoms with Gasteiger partial charge in [0.1, 0.15) is 13.2 Å².